The Bertz CT molecular complexity index is 617. The Morgan fingerprint density at radius 3 is 2.76 bits per heavy atom. The molecular formula is C16H18F2N2O. The highest BCUT2D eigenvalue weighted by Crippen LogP contribution is 2.25. The number of aromatic nitrogens is 1. The van der Waals surface area contributed by atoms with Gasteiger partial charge in [0.15, 0.2) is 5.82 Å². The second-order valence-corrected chi connectivity index (χ2v) is 4.78. The third-order valence-corrected chi connectivity index (χ3v) is 3.04. The molecular weight excluding hydrogens is 274 g/mol. The van der Waals surface area contributed by atoms with Gasteiger partial charge in [0, 0.05) is 24.4 Å². The van der Waals surface area contributed by atoms with Crippen LogP contribution in [-0.2, 0) is 6.54 Å². The van der Waals surface area contributed by atoms with Crippen molar-refractivity contribution < 1.29 is 13.5 Å². The smallest absolute Gasteiger partial charge is 0.256 e. The van der Waals surface area contributed by atoms with Gasteiger partial charge in [0.25, 0.3) is 5.88 Å². The fourth-order valence-corrected chi connectivity index (χ4v) is 1.82. The minimum atomic E-state index is -0.526. The maximum Gasteiger partial charge on any atom is 0.256 e. The molecule has 0 amide bonds. The molecule has 21 heavy (non-hydrogen) atoms. The normalized spacial score (nSPS) is 10.7. The molecule has 0 radical (unpaired) electrons. The molecule has 0 saturated heterocycles. The van der Waals surface area contributed by atoms with E-state index in [4.69, 9.17) is 4.74 Å². The van der Waals surface area contributed by atoms with Crippen molar-refractivity contribution in [3.8, 4) is 11.6 Å². The molecule has 0 unspecified atom stereocenters. The number of ether oxygens (including phenoxy) is 1. The number of aryl methyl sites for hydroxylation is 1. The molecule has 112 valence electrons. The second kappa shape index (κ2) is 7.13. The average molecular weight is 292 g/mol. The number of nitrogens with one attached hydrogen (secondary N) is 1. The quantitative estimate of drug-likeness (QED) is 0.818. The molecule has 0 aliphatic carbocycles. The van der Waals surface area contributed by atoms with Crippen LogP contribution in [0.15, 0.2) is 30.5 Å². The fraction of sp³-hybridized carbons (Fsp3) is 0.312. The number of rotatable bonds is 6. The summed E-state index contributed by atoms with van der Waals surface area (Å²) in [5.74, 6) is -0.840. The molecule has 2 rings (SSSR count). The summed E-state index contributed by atoms with van der Waals surface area (Å²) in [5.41, 5.74) is 0.981. The van der Waals surface area contributed by atoms with Gasteiger partial charge in [-0.1, -0.05) is 13.0 Å². The van der Waals surface area contributed by atoms with Crippen LogP contribution in [0.3, 0.4) is 0 Å². The van der Waals surface area contributed by atoms with Crippen molar-refractivity contribution in [1.82, 2.24) is 10.3 Å². The number of nitrogens with zero attached hydrogens (tertiary/aromatic N) is 1. The van der Waals surface area contributed by atoms with Gasteiger partial charge in [0.2, 0.25) is 0 Å². The highest BCUT2D eigenvalue weighted by atomic mass is 19.1. The summed E-state index contributed by atoms with van der Waals surface area (Å²) < 4.78 is 33.0. The van der Waals surface area contributed by atoms with Gasteiger partial charge in [-0.2, -0.15) is 0 Å². The summed E-state index contributed by atoms with van der Waals surface area (Å²) in [5, 5.41) is 3.12. The highest BCUT2D eigenvalue weighted by Gasteiger charge is 2.12. The predicted octanol–water partition coefficient (Wildman–Crippen LogP) is 3.96. The van der Waals surface area contributed by atoms with Gasteiger partial charge in [-0.15, -0.1) is 0 Å². The molecule has 2 aromatic rings. The Morgan fingerprint density at radius 1 is 1.24 bits per heavy atom. The summed E-state index contributed by atoms with van der Waals surface area (Å²) >= 11 is 0. The van der Waals surface area contributed by atoms with E-state index in [1.54, 1.807) is 25.1 Å². The van der Waals surface area contributed by atoms with Gasteiger partial charge in [-0.25, -0.2) is 13.8 Å². The van der Waals surface area contributed by atoms with E-state index in [0.717, 1.165) is 13.0 Å². The van der Waals surface area contributed by atoms with Crippen LogP contribution in [0.1, 0.15) is 24.5 Å². The Morgan fingerprint density at radius 2 is 2.05 bits per heavy atom. The van der Waals surface area contributed by atoms with Crippen LogP contribution in [0.4, 0.5) is 8.78 Å². The minimum absolute atomic E-state index is 0.144. The molecule has 0 fully saturated rings. The van der Waals surface area contributed by atoms with Gasteiger partial charge in [0.1, 0.15) is 11.6 Å². The standard InChI is InChI=1S/C16H18F2N2O/c1-3-7-19-10-12-6-8-20-16(15(12)18)21-13-5-4-11(2)14(17)9-13/h4-6,8-9,19H,3,7,10H2,1-2H3. The number of benzene rings is 1. The average Bonchev–Trinajstić information content (AvgIpc) is 2.47. The molecule has 0 aliphatic rings. The first-order valence-corrected chi connectivity index (χ1v) is 6.90. The van der Waals surface area contributed by atoms with E-state index in [2.05, 4.69) is 10.3 Å². The van der Waals surface area contributed by atoms with E-state index in [1.165, 1.54) is 12.3 Å². The van der Waals surface area contributed by atoms with Gasteiger partial charge in [-0.3, -0.25) is 0 Å². The van der Waals surface area contributed by atoms with E-state index in [0.29, 0.717) is 17.7 Å². The first kappa shape index (κ1) is 15.4. The fourth-order valence-electron chi connectivity index (χ4n) is 1.82. The van der Waals surface area contributed by atoms with E-state index < -0.39 is 11.6 Å². The zero-order valence-corrected chi connectivity index (χ0v) is 12.1. The molecule has 0 saturated carbocycles. The summed E-state index contributed by atoms with van der Waals surface area (Å²) in [6, 6.07) is 5.98. The monoisotopic (exact) mass is 292 g/mol. The van der Waals surface area contributed by atoms with Gasteiger partial charge in [-0.05, 0) is 37.6 Å². The van der Waals surface area contributed by atoms with Crippen molar-refractivity contribution >= 4 is 0 Å². The van der Waals surface area contributed by atoms with Crippen LogP contribution in [0, 0.1) is 18.6 Å². The number of halogens is 2. The Hall–Kier alpha value is -2.01. The van der Waals surface area contributed by atoms with Crippen LogP contribution < -0.4 is 10.1 Å². The van der Waals surface area contributed by atoms with Crippen molar-refractivity contribution in [2.24, 2.45) is 0 Å². The van der Waals surface area contributed by atoms with Gasteiger partial charge in [0.05, 0.1) is 0 Å². The number of hydrogen-bond acceptors (Lipinski definition) is 3. The summed E-state index contributed by atoms with van der Waals surface area (Å²) in [6.45, 7) is 4.90. The third-order valence-electron chi connectivity index (χ3n) is 3.04. The molecule has 1 heterocycles. The van der Waals surface area contributed by atoms with Gasteiger partial charge >= 0.3 is 0 Å². The lowest BCUT2D eigenvalue weighted by molar-refractivity contribution is 0.414. The molecule has 0 bridgehead atoms. The molecule has 1 aromatic carbocycles. The Labute approximate surface area is 123 Å². The molecule has 0 aliphatic heterocycles. The van der Waals surface area contributed by atoms with Crippen LogP contribution in [0.5, 0.6) is 11.6 Å². The van der Waals surface area contributed by atoms with Crippen molar-refractivity contribution in [1.29, 1.82) is 0 Å². The van der Waals surface area contributed by atoms with E-state index >= 15 is 0 Å². The minimum Gasteiger partial charge on any atom is -0.436 e. The Kier molecular flexibility index (Phi) is 5.22. The lowest BCUT2D eigenvalue weighted by Crippen LogP contribution is -2.15. The molecule has 5 heteroatoms. The van der Waals surface area contributed by atoms with E-state index in [-0.39, 0.29) is 11.6 Å². The van der Waals surface area contributed by atoms with Crippen LogP contribution in [-0.4, -0.2) is 11.5 Å². The van der Waals surface area contributed by atoms with E-state index in [9.17, 15) is 8.78 Å². The SMILES string of the molecule is CCCNCc1ccnc(Oc2ccc(C)c(F)c2)c1F. The van der Waals surface area contributed by atoms with Gasteiger partial charge < -0.3 is 10.1 Å². The molecule has 1 N–H and O–H groups in total. The molecule has 0 atom stereocenters. The number of hydrogen-bond donors (Lipinski definition) is 1. The third kappa shape index (κ3) is 3.98. The lowest BCUT2D eigenvalue weighted by Gasteiger charge is -2.10. The Balaban J connectivity index is 2.16. The van der Waals surface area contributed by atoms with Crippen LogP contribution in [0.2, 0.25) is 0 Å². The van der Waals surface area contributed by atoms with Crippen LogP contribution in [0.25, 0.3) is 0 Å². The number of pyridine rings is 1. The zero-order valence-electron chi connectivity index (χ0n) is 12.1. The van der Waals surface area contributed by atoms with Crippen LogP contribution >= 0.6 is 0 Å². The first-order chi connectivity index (χ1) is 10.1. The van der Waals surface area contributed by atoms with Crippen molar-refractivity contribution in [2.75, 3.05) is 6.54 Å². The maximum atomic E-state index is 14.2. The predicted molar refractivity (Wildman–Crippen MR) is 77.4 cm³/mol. The highest BCUT2D eigenvalue weighted by molar-refractivity contribution is 5.33. The molecule has 0 spiro atoms. The second-order valence-electron chi connectivity index (χ2n) is 4.78. The largest absolute Gasteiger partial charge is 0.436 e. The molecule has 3 nitrogen and oxygen atoms in total. The first-order valence-electron chi connectivity index (χ1n) is 6.90. The summed E-state index contributed by atoms with van der Waals surface area (Å²) in [4.78, 5) is 3.87. The van der Waals surface area contributed by atoms with Crippen molar-refractivity contribution in [3.05, 3.63) is 53.2 Å². The van der Waals surface area contributed by atoms with Crippen molar-refractivity contribution in [3.63, 3.8) is 0 Å². The topological polar surface area (TPSA) is 34.2 Å². The van der Waals surface area contributed by atoms with E-state index in [1.807, 2.05) is 6.92 Å². The van der Waals surface area contributed by atoms with Crippen molar-refractivity contribution in [2.45, 2.75) is 26.8 Å². The zero-order chi connectivity index (χ0) is 15.2. The summed E-state index contributed by atoms with van der Waals surface area (Å²) in [7, 11) is 0. The maximum absolute atomic E-state index is 14.2. The summed E-state index contributed by atoms with van der Waals surface area (Å²) in [6.07, 6.45) is 2.45. The lowest BCUT2D eigenvalue weighted by atomic mass is 10.2. The molecule has 1 aromatic heterocycles.